The summed E-state index contributed by atoms with van der Waals surface area (Å²) in [5.74, 6) is -1.41. The number of halogens is 4. The van der Waals surface area contributed by atoms with E-state index in [2.05, 4.69) is 15.0 Å². The second-order valence-corrected chi connectivity index (χ2v) is 8.96. The lowest BCUT2D eigenvalue weighted by Crippen LogP contribution is -2.26. The van der Waals surface area contributed by atoms with Gasteiger partial charge in [0.1, 0.15) is 5.82 Å². The maximum absolute atomic E-state index is 14.1. The lowest BCUT2D eigenvalue weighted by molar-refractivity contribution is -0.0515. The molecule has 0 spiro atoms. The minimum absolute atomic E-state index is 0.0418. The van der Waals surface area contributed by atoms with Crippen LogP contribution >= 0.6 is 11.6 Å². The summed E-state index contributed by atoms with van der Waals surface area (Å²) in [5.41, 5.74) is 5.30. The Hall–Kier alpha value is -3.93. The summed E-state index contributed by atoms with van der Waals surface area (Å²) < 4.78 is 60.8. The first-order valence-electron chi connectivity index (χ1n) is 11.5. The van der Waals surface area contributed by atoms with Gasteiger partial charge < -0.3 is 29.7 Å². The molecule has 3 aromatic rings. The van der Waals surface area contributed by atoms with E-state index in [1.54, 1.807) is 0 Å². The summed E-state index contributed by atoms with van der Waals surface area (Å²) in [5, 5.41) is 2.72. The molecule has 0 aliphatic heterocycles. The number of nitrogens with two attached hydrogens (primary N) is 1. The van der Waals surface area contributed by atoms with Crippen molar-refractivity contribution in [2.24, 2.45) is 11.7 Å². The molecule has 9 nitrogen and oxygen atoms in total. The van der Waals surface area contributed by atoms with Crippen LogP contribution in [0.2, 0.25) is 5.02 Å². The molecule has 2 amide bonds. The first-order valence-corrected chi connectivity index (χ1v) is 11.9. The molecular weight excluding hydrogens is 531 g/mol. The molecule has 1 aromatic heterocycles. The molecule has 2 aromatic carbocycles. The van der Waals surface area contributed by atoms with Crippen molar-refractivity contribution >= 4 is 23.6 Å². The van der Waals surface area contributed by atoms with Crippen molar-refractivity contribution in [2.45, 2.75) is 39.0 Å². The summed E-state index contributed by atoms with van der Waals surface area (Å²) in [6.07, 6.45) is -0.281. The Balaban J connectivity index is 1.63. The van der Waals surface area contributed by atoms with E-state index in [1.807, 2.05) is 0 Å². The van der Waals surface area contributed by atoms with Gasteiger partial charge in [0.25, 0.3) is 5.91 Å². The molecule has 0 saturated heterocycles. The number of nitrogens with one attached hydrogen (secondary N) is 1. The maximum atomic E-state index is 14.1. The van der Waals surface area contributed by atoms with Crippen LogP contribution in [-0.2, 0) is 11.3 Å². The number of amides is 2. The van der Waals surface area contributed by atoms with E-state index in [9.17, 15) is 22.8 Å². The third-order valence-corrected chi connectivity index (χ3v) is 5.80. The van der Waals surface area contributed by atoms with Crippen LogP contribution in [0.4, 0.5) is 18.0 Å². The van der Waals surface area contributed by atoms with Crippen LogP contribution in [-0.4, -0.2) is 30.2 Å². The Labute approximate surface area is 220 Å². The van der Waals surface area contributed by atoms with Gasteiger partial charge in [0.15, 0.2) is 29.1 Å². The molecule has 13 heteroatoms. The molecular formula is C25H23ClF3N3O6. The van der Waals surface area contributed by atoms with Crippen molar-refractivity contribution in [1.29, 1.82) is 0 Å². The van der Waals surface area contributed by atoms with Gasteiger partial charge in [0.2, 0.25) is 5.89 Å². The molecule has 1 unspecified atom stereocenters. The van der Waals surface area contributed by atoms with Crippen molar-refractivity contribution in [2.75, 3.05) is 6.61 Å². The average molecular weight is 554 g/mol. The van der Waals surface area contributed by atoms with Crippen molar-refractivity contribution in [3.05, 3.63) is 64.3 Å². The van der Waals surface area contributed by atoms with Gasteiger partial charge in [0, 0.05) is 22.7 Å². The summed E-state index contributed by atoms with van der Waals surface area (Å²) in [4.78, 5) is 28.5. The van der Waals surface area contributed by atoms with Gasteiger partial charge in [-0.05, 0) is 56.0 Å². The van der Waals surface area contributed by atoms with E-state index >= 15 is 0 Å². The van der Waals surface area contributed by atoms with Gasteiger partial charge in [-0.1, -0.05) is 17.7 Å². The molecule has 1 atom stereocenters. The predicted octanol–water partition coefficient (Wildman–Crippen LogP) is 5.61. The van der Waals surface area contributed by atoms with Gasteiger partial charge in [0.05, 0.1) is 6.61 Å². The lowest BCUT2D eigenvalue weighted by atomic mass is 10.2. The highest BCUT2D eigenvalue weighted by Crippen LogP contribution is 2.37. The Morgan fingerprint density at radius 2 is 1.97 bits per heavy atom. The largest absolute Gasteiger partial charge is 0.489 e. The zero-order chi connectivity index (χ0) is 27.4. The number of carbonyl (C=O) groups excluding carboxylic acids is 2. The Bertz CT molecular complexity index is 1330. The van der Waals surface area contributed by atoms with Crippen molar-refractivity contribution < 1.29 is 41.4 Å². The minimum atomic E-state index is -3.06. The zero-order valence-corrected chi connectivity index (χ0v) is 20.8. The number of ether oxygens (including phenoxy) is 3. The number of rotatable bonds is 11. The molecule has 0 radical (unpaired) electrons. The van der Waals surface area contributed by atoms with E-state index in [-0.39, 0.29) is 51.5 Å². The number of alkyl halides is 2. The van der Waals surface area contributed by atoms with E-state index < -0.39 is 30.5 Å². The van der Waals surface area contributed by atoms with Gasteiger partial charge >= 0.3 is 12.7 Å². The number of carbonyl (C=O) groups is 2. The van der Waals surface area contributed by atoms with E-state index in [1.165, 1.54) is 37.3 Å². The monoisotopic (exact) mass is 553 g/mol. The van der Waals surface area contributed by atoms with Gasteiger partial charge in [-0.2, -0.15) is 8.78 Å². The third kappa shape index (κ3) is 6.88. The van der Waals surface area contributed by atoms with Crippen LogP contribution < -0.4 is 20.5 Å². The van der Waals surface area contributed by atoms with E-state index in [0.29, 0.717) is 12.5 Å². The molecule has 1 saturated carbocycles. The fourth-order valence-corrected chi connectivity index (χ4v) is 3.64. The summed E-state index contributed by atoms with van der Waals surface area (Å²) in [6.45, 7) is -1.54. The highest BCUT2D eigenvalue weighted by molar-refractivity contribution is 6.30. The molecule has 3 N–H and O–H groups in total. The second-order valence-electron chi connectivity index (χ2n) is 8.52. The summed E-state index contributed by atoms with van der Waals surface area (Å²) in [6, 6.07) is 8.04. The van der Waals surface area contributed by atoms with Crippen LogP contribution in [0.25, 0.3) is 11.5 Å². The van der Waals surface area contributed by atoms with Gasteiger partial charge in [-0.3, -0.25) is 4.79 Å². The standard InChI is InChI=1S/C25H23ClF3N3O6/c1-12(36-25(30)34)21-20(22(33)31-10-15-4-6-16(26)9-17(15)27)32-23(38-21)14-5-7-18(37-24(28)29)19(8-14)35-11-13-2-3-13/h4-9,12-13,24H,2-3,10-11H2,1H3,(H2,30,34)(H,31,33). The Morgan fingerprint density at radius 1 is 1.21 bits per heavy atom. The molecule has 1 aliphatic carbocycles. The highest BCUT2D eigenvalue weighted by Gasteiger charge is 2.28. The van der Waals surface area contributed by atoms with Gasteiger partial charge in [-0.25, -0.2) is 14.2 Å². The molecule has 38 heavy (non-hydrogen) atoms. The molecule has 4 rings (SSSR count). The van der Waals surface area contributed by atoms with Crippen LogP contribution in [0.3, 0.4) is 0 Å². The first-order chi connectivity index (χ1) is 18.1. The first kappa shape index (κ1) is 27.1. The number of aromatic nitrogens is 1. The van der Waals surface area contributed by atoms with Crippen LogP contribution in [0.1, 0.15) is 47.7 Å². The highest BCUT2D eigenvalue weighted by atomic mass is 35.5. The predicted molar refractivity (Wildman–Crippen MR) is 128 cm³/mol. The molecule has 1 fully saturated rings. The number of primary amides is 1. The topological polar surface area (TPSA) is 126 Å². The molecule has 0 bridgehead atoms. The second kappa shape index (κ2) is 11.6. The van der Waals surface area contributed by atoms with Crippen LogP contribution in [0.15, 0.2) is 40.8 Å². The molecule has 1 aliphatic rings. The number of benzene rings is 2. The number of oxazole rings is 1. The quantitative estimate of drug-likeness (QED) is 0.316. The Kier molecular flexibility index (Phi) is 8.30. The van der Waals surface area contributed by atoms with Crippen LogP contribution in [0, 0.1) is 11.7 Å². The SMILES string of the molecule is CC(OC(N)=O)c1oc(-c2ccc(OC(F)F)c(OCC3CC3)c2)nc1C(=O)NCc1ccc(Cl)cc1F. The molecule has 202 valence electrons. The van der Waals surface area contributed by atoms with Gasteiger partial charge in [-0.15, -0.1) is 0 Å². The smallest absolute Gasteiger partial charge is 0.405 e. The fourth-order valence-electron chi connectivity index (χ4n) is 3.49. The summed E-state index contributed by atoms with van der Waals surface area (Å²) in [7, 11) is 0. The van der Waals surface area contributed by atoms with Crippen molar-refractivity contribution in [3.8, 4) is 23.0 Å². The maximum Gasteiger partial charge on any atom is 0.405 e. The third-order valence-electron chi connectivity index (χ3n) is 5.56. The normalized spacial score (nSPS) is 13.7. The minimum Gasteiger partial charge on any atom is -0.489 e. The number of hydrogen-bond donors (Lipinski definition) is 2. The van der Waals surface area contributed by atoms with Crippen molar-refractivity contribution in [1.82, 2.24) is 10.3 Å². The number of nitrogens with zero attached hydrogens (tertiary/aromatic N) is 1. The lowest BCUT2D eigenvalue weighted by Gasteiger charge is -2.13. The van der Waals surface area contributed by atoms with Crippen molar-refractivity contribution in [3.63, 3.8) is 0 Å². The van der Waals surface area contributed by atoms with E-state index in [0.717, 1.165) is 18.9 Å². The zero-order valence-electron chi connectivity index (χ0n) is 20.0. The number of hydrogen-bond acceptors (Lipinski definition) is 7. The average Bonchev–Trinajstić information content (AvgIpc) is 3.57. The van der Waals surface area contributed by atoms with Crippen LogP contribution in [0.5, 0.6) is 11.5 Å². The Morgan fingerprint density at radius 3 is 2.63 bits per heavy atom. The van der Waals surface area contributed by atoms with E-state index in [4.69, 9.17) is 31.2 Å². The summed E-state index contributed by atoms with van der Waals surface area (Å²) >= 11 is 5.76. The molecule has 1 heterocycles. The fraction of sp³-hybridized carbons (Fsp3) is 0.320.